The summed E-state index contributed by atoms with van der Waals surface area (Å²) in [4.78, 5) is 24.7. The molecular weight excluding hydrogens is 380 g/mol. The van der Waals surface area contributed by atoms with Crippen LogP contribution in [-0.4, -0.2) is 38.4 Å². The van der Waals surface area contributed by atoms with Crippen molar-refractivity contribution < 1.29 is 4.79 Å². The Kier molecular flexibility index (Phi) is 4.79. The predicted octanol–water partition coefficient (Wildman–Crippen LogP) is 4.61. The lowest BCUT2D eigenvalue weighted by Crippen LogP contribution is -2.41. The molecule has 0 radical (unpaired) electrons. The molecule has 1 aliphatic heterocycles. The molecule has 1 fully saturated rings. The van der Waals surface area contributed by atoms with E-state index < -0.39 is 0 Å². The van der Waals surface area contributed by atoms with Crippen molar-refractivity contribution in [2.45, 2.75) is 38.6 Å². The maximum atomic E-state index is 13.2. The number of hydrogen-bond donors (Lipinski definition) is 0. The normalized spacial score (nSPS) is 17.3. The van der Waals surface area contributed by atoms with Gasteiger partial charge >= 0.3 is 0 Å². The Morgan fingerprint density at radius 1 is 1.10 bits per heavy atom. The first-order valence-electron chi connectivity index (χ1n) is 10.3. The molecule has 1 atom stereocenters. The Hall–Kier alpha value is -2.73. The van der Waals surface area contributed by atoms with E-state index in [1.807, 2.05) is 29.2 Å². The van der Waals surface area contributed by atoms with Gasteiger partial charge in [0.25, 0.3) is 0 Å². The molecule has 0 spiro atoms. The number of fused-ring (bicyclic) bond motifs is 2. The average Bonchev–Trinajstić information content (AvgIpc) is 3.35. The Labute approximate surface area is 174 Å². The van der Waals surface area contributed by atoms with Crippen molar-refractivity contribution in [3.05, 3.63) is 59.4 Å². The number of aromatic nitrogens is 3. The second kappa shape index (κ2) is 7.59. The van der Waals surface area contributed by atoms with Crippen molar-refractivity contribution in [3.63, 3.8) is 0 Å². The molecule has 0 bridgehead atoms. The van der Waals surface area contributed by atoms with Crippen LogP contribution in [0.15, 0.2) is 48.5 Å². The molecule has 1 aliphatic rings. The highest BCUT2D eigenvalue weighted by Gasteiger charge is 2.27. The van der Waals surface area contributed by atoms with Gasteiger partial charge in [-0.15, -0.1) is 11.3 Å². The Balaban J connectivity index is 1.36. The number of carbonyl (C=O) groups excluding carboxylic acids is 1. The van der Waals surface area contributed by atoms with E-state index in [4.69, 9.17) is 9.97 Å². The molecule has 29 heavy (non-hydrogen) atoms. The molecule has 1 amide bonds. The summed E-state index contributed by atoms with van der Waals surface area (Å²) in [5.74, 6) is 1.48. The third-order valence-electron chi connectivity index (χ3n) is 5.78. The Morgan fingerprint density at radius 2 is 1.90 bits per heavy atom. The Morgan fingerprint density at radius 3 is 2.72 bits per heavy atom. The zero-order valence-corrected chi connectivity index (χ0v) is 17.4. The van der Waals surface area contributed by atoms with Gasteiger partial charge in [0, 0.05) is 25.4 Å². The van der Waals surface area contributed by atoms with Gasteiger partial charge in [-0.2, -0.15) is 0 Å². The number of aryl methyl sites for hydroxylation is 1. The van der Waals surface area contributed by atoms with E-state index in [2.05, 4.69) is 35.8 Å². The minimum Gasteiger partial charge on any atom is -0.340 e. The number of benzene rings is 2. The summed E-state index contributed by atoms with van der Waals surface area (Å²) in [6.45, 7) is 4.03. The molecule has 4 aromatic rings. The number of para-hydroxylation sites is 3. The van der Waals surface area contributed by atoms with Crippen LogP contribution in [0.25, 0.3) is 21.3 Å². The number of hydrogen-bond acceptors (Lipinski definition) is 4. The fraction of sp³-hybridized carbons (Fsp3) is 0.348. The maximum absolute atomic E-state index is 13.2. The number of carbonyl (C=O) groups is 1. The molecule has 2 aromatic heterocycles. The van der Waals surface area contributed by atoms with Gasteiger partial charge in [0.05, 0.1) is 26.3 Å². The van der Waals surface area contributed by atoms with E-state index in [0.717, 1.165) is 59.7 Å². The number of thiazole rings is 1. The highest BCUT2D eigenvalue weighted by Crippen LogP contribution is 2.33. The summed E-state index contributed by atoms with van der Waals surface area (Å²) in [6.07, 6.45) is 2.94. The molecule has 6 heteroatoms. The van der Waals surface area contributed by atoms with E-state index in [0.29, 0.717) is 12.5 Å². The summed E-state index contributed by atoms with van der Waals surface area (Å²) in [5.41, 5.74) is 3.06. The lowest BCUT2D eigenvalue weighted by molar-refractivity contribution is -0.133. The molecule has 1 saturated heterocycles. The van der Waals surface area contributed by atoms with Gasteiger partial charge in [-0.05, 0) is 37.1 Å². The van der Waals surface area contributed by atoms with Gasteiger partial charge in [0.1, 0.15) is 12.4 Å². The second-order valence-corrected chi connectivity index (χ2v) is 8.72. The molecule has 3 heterocycles. The number of rotatable bonds is 4. The van der Waals surface area contributed by atoms with Crippen LogP contribution >= 0.6 is 11.3 Å². The van der Waals surface area contributed by atoms with Crippen LogP contribution in [0.1, 0.15) is 36.5 Å². The molecule has 0 aliphatic carbocycles. The van der Waals surface area contributed by atoms with E-state index >= 15 is 0 Å². The lowest BCUT2D eigenvalue weighted by Gasteiger charge is -2.32. The zero-order valence-electron chi connectivity index (χ0n) is 16.5. The Bertz CT molecular complexity index is 1150. The van der Waals surface area contributed by atoms with E-state index in [-0.39, 0.29) is 5.91 Å². The quantitative estimate of drug-likeness (QED) is 0.499. The summed E-state index contributed by atoms with van der Waals surface area (Å²) < 4.78 is 3.31. The van der Waals surface area contributed by atoms with Gasteiger partial charge in [0.2, 0.25) is 5.91 Å². The first kappa shape index (κ1) is 18.3. The third-order valence-corrected chi connectivity index (χ3v) is 6.98. The summed E-state index contributed by atoms with van der Waals surface area (Å²) in [7, 11) is 0. The molecule has 0 unspecified atom stereocenters. The van der Waals surface area contributed by atoms with Gasteiger partial charge < -0.3 is 9.47 Å². The van der Waals surface area contributed by atoms with Gasteiger partial charge in [-0.1, -0.05) is 31.2 Å². The predicted molar refractivity (Wildman–Crippen MR) is 117 cm³/mol. The van der Waals surface area contributed by atoms with Crippen LogP contribution in [0.2, 0.25) is 0 Å². The largest absolute Gasteiger partial charge is 0.340 e. The van der Waals surface area contributed by atoms with Gasteiger partial charge in [-0.25, -0.2) is 9.97 Å². The molecular formula is C23H24N4OS. The average molecular weight is 405 g/mol. The van der Waals surface area contributed by atoms with Crippen LogP contribution < -0.4 is 0 Å². The van der Waals surface area contributed by atoms with Crippen molar-refractivity contribution in [1.82, 2.24) is 19.4 Å². The van der Waals surface area contributed by atoms with Crippen LogP contribution in [0.3, 0.4) is 0 Å². The topological polar surface area (TPSA) is 51.0 Å². The van der Waals surface area contributed by atoms with Crippen molar-refractivity contribution in [1.29, 1.82) is 0 Å². The number of nitrogens with zero attached hydrogens (tertiary/aromatic N) is 4. The summed E-state index contributed by atoms with van der Waals surface area (Å²) in [5, 5.41) is 1.16. The van der Waals surface area contributed by atoms with Crippen LogP contribution in [-0.2, 0) is 17.8 Å². The first-order chi connectivity index (χ1) is 14.2. The van der Waals surface area contributed by atoms with E-state index in [1.165, 1.54) is 4.70 Å². The second-order valence-electron chi connectivity index (χ2n) is 7.66. The highest BCUT2D eigenvalue weighted by molar-refractivity contribution is 7.18. The van der Waals surface area contributed by atoms with Crippen molar-refractivity contribution >= 4 is 38.5 Å². The zero-order chi connectivity index (χ0) is 19.8. The number of piperidine rings is 1. The molecule has 0 N–H and O–H groups in total. The van der Waals surface area contributed by atoms with Crippen LogP contribution in [0.5, 0.6) is 0 Å². The fourth-order valence-electron chi connectivity index (χ4n) is 4.28. The van der Waals surface area contributed by atoms with Crippen molar-refractivity contribution in [3.8, 4) is 0 Å². The minimum absolute atomic E-state index is 0.175. The van der Waals surface area contributed by atoms with Crippen molar-refractivity contribution in [2.24, 2.45) is 0 Å². The highest BCUT2D eigenvalue weighted by atomic mass is 32.1. The molecule has 148 valence electrons. The van der Waals surface area contributed by atoms with Crippen molar-refractivity contribution in [2.75, 3.05) is 13.1 Å². The smallest absolute Gasteiger partial charge is 0.242 e. The minimum atomic E-state index is 0.175. The standard InChI is InChI=1S/C23H24N4OS/c1-2-21-24-17-9-3-5-11-19(17)27(21)15-22(28)26-13-7-8-16(14-26)23-25-18-10-4-6-12-20(18)29-23/h3-6,9-12,16H,2,7-8,13-15H2,1H3/t16-/m0/s1. The number of likely N-dealkylation sites (tertiary alicyclic amines) is 1. The third kappa shape index (κ3) is 3.42. The number of imidazole rings is 1. The van der Waals surface area contributed by atoms with Gasteiger partial charge in [0.15, 0.2) is 0 Å². The van der Waals surface area contributed by atoms with E-state index in [9.17, 15) is 4.79 Å². The van der Waals surface area contributed by atoms with Gasteiger partial charge in [-0.3, -0.25) is 4.79 Å². The lowest BCUT2D eigenvalue weighted by atomic mass is 9.98. The number of amides is 1. The fourth-order valence-corrected chi connectivity index (χ4v) is 5.37. The van der Waals surface area contributed by atoms with E-state index in [1.54, 1.807) is 11.3 Å². The maximum Gasteiger partial charge on any atom is 0.242 e. The summed E-state index contributed by atoms with van der Waals surface area (Å²) in [6, 6.07) is 16.3. The summed E-state index contributed by atoms with van der Waals surface area (Å²) >= 11 is 1.77. The molecule has 5 nitrogen and oxygen atoms in total. The molecule has 2 aromatic carbocycles. The monoisotopic (exact) mass is 404 g/mol. The molecule has 5 rings (SSSR count). The van der Waals surface area contributed by atoms with Crippen LogP contribution in [0.4, 0.5) is 0 Å². The SMILES string of the molecule is CCc1nc2ccccc2n1CC(=O)N1CCC[C@H](c2nc3ccccc3s2)C1. The van der Waals surface area contributed by atoms with Crippen LogP contribution in [0, 0.1) is 0 Å². The molecule has 0 saturated carbocycles. The first-order valence-corrected chi connectivity index (χ1v) is 11.1.